The molecule has 1 heteroatoms. The lowest BCUT2D eigenvalue weighted by atomic mass is 10.0. The minimum Gasteiger partial charge on any atom is -0.253 e. The van der Waals surface area contributed by atoms with Gasteiger partial charge in [-0.15, -0.1) is 0 Å². The fourth-order valence-electron chi connectivity index (χ4n) is 2.25. The maximum atomic E-state index is 4.59. The van der Waals surface area contributed by atoms with E-state index in [4.69, 9.17) is 0 Å². The highest BCUT2D eigenvalue weighted by atomic mass is 14.7. The van der Waals surface area contributed by atoms with Gasteiger partial charge in [-0.1, -0.05) is 24.3 Å². The molecule has 2 aromatic carbocycles. The summed E-state index contributed by atoms with van der Waals surface area (Å²) < 4.78 is 0. The van der Waals surface area contributed by atoms with E-state index >= 15 is 0 Å². The number of fused-ring (bicyclic) bond motifs is 2. The third-order valence-corrected chi connectivity index (χ3v) is 3.01. The Balaban J connectivity index is 2.51. The van der Waals surface area contributed by atoms with Crippen LogP contribution in [-0.4, -0.2) is 4.98 Å². The molecule has 78 valence electrons. The van der Waals surface area contributed by atoms with Crippen LogP contribution in [0.3, 0.4) is 0 Å². The van der Waals surface area contributed by atoms with Gasteiger partial charge in [-0.2, -0.15) is 0 Å². The summed E-state index contributed by atoms with van der Waals surface area (Å²) in [6.07, 6.45) is 0. The predicted molar refractivity (Wildman–Crippen MR) is 68.7 cm³/mol. The number of hydrogen-bond acceptors (Lipinski definition) is 1. The molecule has 0 bridgehead atoms. The summed E-state index contributed by atoms with van der Waals surface area (Å²) in [6, 6.07) is 15.0. The summed E-state index contributed by atoms with van der Waals surface area (Å²) in [4.78, 5) is 4.59. The molecule has 1 aromatic heterocycles. The van der Waals surface area contributed by atoms with E-state index in [1.165, 1.54) is 21.7 Å². The number of nitrogens with zero attached hydrogens (tertiary/aromatic N) is 1. The van der Waals surface area contributed by atoms with Crippen molar-refractivity contribution in [3.05, 3.63) is 53.7 Å². The van der Waals surface area contributed by atoms with Crippen molar-refractivity contribution in [1.82, 2.24) is 4.98 Å². The van der Waals surface area contributed by atoms with Crippen molar-refractivity contribution in [2.45, 2.75) is 13.8 Å². The number of aromatic nitrogens is 1. The number of aryl methyl sites for hydroxylation is 2. The van der Waals surface area contributed by atoms with Gasteiger partial charge in [-0.3, -0.25) is 4.98 Å². The molecule has 0 saturated carbocycles. The standard InChI is InChI=1S/C15H13N/c1-10-7-11(2)16-15-9-13-6-4-3-5-12(13)8-14(10)15/h3-9H,1-2H3. The summed E-state index contributed by atoms with van der Waals surface area (Å²) in [5, 5.41) is 3.79. The average Bonchev–Trinajstić information content (AvgIpc) is 2.27. The maximum Gasteiger partial charge on any atom is 0.0714 e. The fraction of sp³-hybridized carbons (Fsp3) is 0.133. The first-order valence-electron chi connectivity index (χ1n) is 5.51. The van der Waals surface area contributed by atoms with Crippen molar-refractivity contribution in [2.75, 3.05) is 0 Å². The predicted octanol–water partition coefficient (Wildman–Crippen LogP) is 4.00. The molecular formula is C15H13N. The molecule has 0 saturated heterocycles. The molecule has 0 aliphatic heterocycles. The quantitative estimate of drug-likeness (QED) is 0.508. The number of pyridine rings is 1. The normalized spacial score (nSPS) is 11.1. The number of benzene rings is 2. The van der Waals surface area contributed by atoms with Gasteiger partial charge in [-0.25, -0.2) is 0 Å². The summed E-state index contributed by atoms with van der Waals surface area (Å²) in [7, 11) is 0. The highest BCUT2D eigenvalue weighted by Gasteiger charge is 2.02. The highest BCUT2D eigenvalue weighted by Crippen LogP contribution is 2.24. The van der Waals surface area contributed by atoms with Gasteiger partial charge in [0, 0.05) is 11.1 Å². The summed E-state index contributed by atoms with van der Waals surface area (Å²) in [6.45, 7) is 4.19. The van der Waals surface area contributed by atoms with Crippen LogP contribution >= 0.6 is 0 Å². The molecule has 0 radical (unpaired) electrons. The first kappa shape index (κ1) is 9.34. The first-order valence-corrected chi connectivity index (χ1v) is 5.51. The molecule has 0 spiro atoms. The lowest BCUT2D eigenvalue weighted by molar-refractivity contribution is 1.24. The van der Waals surface area contributed by atoms with Gasteiger partial charge in [0.15, 0.2) is 0 Å². The molecular weight excluding hydrogens is 194 g/mol. The average molecular weight is 207 g/mol. The maximum absolute atomic E-state index is 4.59. The number of rotatable bonds is 0. The van der Waals surface area contributed by atoms with Gasteiger partial charge >= 0.3 is 0 Å². The molecule has 3 aromatic rings. The largest absolute Gasteiger partial charge is 0.253 e. The SMILES string of the molecule is Cc1cc(C)c2cc3ccccc3cc2n1. The van der Waals surface area contributed by atoms with Crippen molar-refractivity contribution >= 4 is 21.7 Å². The molecule has 1 heterocycles. The molecule has 0 amide bonds. The zero-order chi connectivity index (χ0) is 11.1. The van der Waals surface area contributed by atoms with E-state index in [-0.39, 0.29) is 0 Å². The van der Waals surface area contributed by atoms with Gasteiger partial charge in [0.1, 0.15) is 0 Å². The second-order valence-electron chi connectivity index (χ2n) is 4.30. The topological polar surface area (TPSA) is 12.9 Å². The summed E-state index contributed by atoms with van der Waals surface area (Å²) in [5.41, 5.74) is 3.48. The van der Waals surface area contributed by atoms with Gasteiger partial charge < -0.3 is 0 Å². The lowest BCUT2D eigenvalue weighted by Gasteiger charge is -2.05. The zero-order valence-corrected chi connectivity index (χ0v) is 9.49. The first-order chi connectivity index (χ1) is 7.74. The minimum absolute atomic E-state index is 1.08. The Morgan fingerprint density at radius 1 is 0.875 bits per heavy atom. The fourth-order valence-corrected chi connectivity index (χ4v) is 2.25. The Morgan fingerprint density at radius 3 is 2.31 bits per heavy atom. The Kier molecular flexibility index (Phi) is 1.93. The van der Waals surface area contributed by atoms with Crippen molar-refractivity contribution in [3.8, 4) is 0 Å². The van der Waals surface area contributed by atoms with Crippen LogP contribution in [-0.2, 0) is 0 Å². The molecule has 0 fully saturated rings. The third kappa shape index (κ3) is 1.36. The molecule has 16 heavy (non-hydrogen) atoms. The van der Waals surface area contributed by atoms with Crippen LogP contribution in [0.1, 0.15) is 11.3 Å². The molecule has 0 aliphatic rings. The molecule has 1 nitrogen and oxygen atoms in total. The van der Waals surface area contributed by atoms with Gasteiger partial charge in [-0.05, 0) is 48.4 Å². The van der Waals surface area contributed by atoms with Gasteiger partial charge in [0.25, 0.3) is 0 Å². The van der Waals surface area contributed by atoms with Crippen molar-refractivity contribution in [1.29, 1.82) is 0 Å². The van der Waals surface area contributed by atoms with Gasteiger partial charge in [0.05, 0.1) is 5.52 Å². The van der Waals surface area contributed by atoms with E-state index in [0.717, 1.165) is 11.2 Å². The van der Waals surface area contributed by atoms with Crippen LogP contribution < -0.4 is 0 Å². The number of hydrogen-bond donors (Lipinski definition) is 0. The second-order valence-corrected chi connectivity index (χ2v) is 4.30. The van der Waals surface area contributed by atoms with Crippen LogP contribution in [0.15, 0.2) is 42.5 Å². The molecule has 0 atom stereocenters. The van der Waals surface area contributed by atoms with Crippen LogP contribution in [0.25, 0.3) is 21.7 Å². The van der Waals surface area contributed by atoms with Crippen LogP contribution in [0.5, 0.6) is 0 Å². The highest BCUT2D eigenvalue weighted by molar-refractivity contribution is 5.97. The minimum atomic E-state index is 1.08. The van der Waals surface area contributed by atoms with E-state index in [1.54, 1.807) is 0 Å². The Labute approximate surface area is 94.7 Å². The Hall–Kier alpha value is -1.89. The van der Waals surface area contributed by atoms with E-state index in [0.29, 0.717) is 0 Å². The smallest absolute Gasteiger partial charge is 0.0714 e. The van der Waals surface area contributed by atoms with E-state index in [2.05, 4.69) is 54.4 Å². The second kappa shape index (κ2) is 3.31. The van der Waals surface area contributed by atoms with Gasteiger partial charge in [0.2, 0.25) is 0 Å². The lowest BCUT2D eigenvalue weighted by Crippen LogP contribution is -1.87. The Morgan fingerprint density at radius 2 is 1.56 bits per heavy atom. The summed E-state index contributed by atoms with van der Waals surface area (Å²) in [5.74, 6) is 0. The molecule has 3 rings (SSSR count). The van der Waals surface area contributed by atoms with E-state index in [9.17, 15) is 0 Å². The van der Waals surface area contributed by atoms with E-state index in [1.807, 2.05) is 6.92 Å². The molecule has 0 unspecified atom stereocenters. The molecule has 0 N–H and O–H groups in total. The Bertz CT molecular complexity index is 683. The third-order valence-electron chi connectivity index (χ3n) is 3.01. The van der Waals surface area contributed by atoms with Crippen molar-refractivity contribution in [3.63, 3.8) is 0 Å². The van der Waals surface area contributed by atoms with Crippen molar-refractivity contribution in [2.24, 2.45) is 0 Å². The van der Waals surface area contributed by atoms with E-state index < -0.39 is 0 Å². The summed E-state index contributed by atoms with van der Waals surface area (Å²) >= 11 is 0. The van der Waals surface area contributed by atoms with Crippen LogP contribution in [0, 0.1) is 13.8 Å². The zero-order valence-electron chi connectivity index (χ0n) is 9.49. The monoisotopic (exact) mass is 207 g/mol. The van der Waals surface area contributed by atoms with Crippen LogP contribution in [0.4, 0.5) is 0 Å². The van der Waals surface area contributed by atoms with Crippen molar-refractivity contribution < 1.29 is 0 Å². The molecule has 0 aliphatic carbocycles. The van der Waals surface area contributed by atoms with Crippen LogP contribution in [0.2, 0.25) is 0 Å².